The fourth-order valence-electron chi connectivity index (χ4n) is 8.85. The van der Waals surface area contributed by atoms with Gasteiger partial charge in [-0.25, -0.2) is 0 Å². The van der Waals surface area contributed by atoms with E-state index >= 15 is 0 Å². The van der Waals surface area contributed by atoms with Crippen LogP contribution in [0, 0.1) is 12.3 Å². The van der Waals surface area contributed by atoms with Gasteiger partial charge in [-0.3, -0.25) is 19.7 Å². The van der Waals surface area contributed by atoms with Gasteiger partial charge < -0.3 is 16.3 Å². The van der Waals surface area contributed by atoms with Crippen LogP contribution in [-0.4, -0.2) is 29.2 Å². The topological polar surface area (TPSA) is 97.3 Å². The molecule has 1 aliphatic rings. The van der Waals surface area contributed by atoms with E-state index in [1.807, 2.05) is 17.4 Å². The third-order valence-electron chi connectivity index (χ3n) is 12.6. The lowest BCUT2D eigenvalue weighted by Crippen LogP contribution is -2.72. The van der Waals surface area contributed by atoms with E-state index in [1.165, 1.54) is 154 Å². The molecular weight excluding hydrogens is 902 g/mol. The lowest BCUT2D eigenvalue weighted by Gasteiger charge is -2.20. The van der Waals surface area contributed by atoms with Crippen LogP contribution < -0.4 is 5.32 Å². The van der Waals surface area contributed by atoms with E-state index in [0.717, 1.165) is 45.9 Å². The number of carbonyl (C=O) groups excluding carboxylic acids is 3. The van der Waals surface area contributed by atoms with Crippen molar-refractivity contribution >= 4 is 60.8 Å². The summed E-state index contributed by atoms with van der Waals surface area (Å²) in [5.41, 5.74) is 3.23. The summed E-state index contributed by atoms with van der Waals surface area (Å²) in [6.07, 6.45) is 37.3. The summed E-state index contributed by atoms with van der Waals surface area (Å²) in [6.45, 7) is 4.85. The Balaban J connectivity index is 1.24. The highest BCUT2D eigenvalue weighted by Crippen LogP contribution is 2.37. The number of fused-ring (bicyclic) bond motifs is 2. The fraction of sp³-hybridized carbons (Fsp3) is 0.593. The quantitative estimate of drug-likeness (QED) is 0.0160. The number of halogens is 2. The van der Waals surface area contributed by atoms with E-state index in [4.69, 9.17) is 4.74 Å². The van der Waals surface area contributed by atoms with E-state index in [0.29, 0.717) is 29.8 Å². The van der Waals surface area contributed by atoms with E-state index in [-0.39, 0.29) is 40.3 Å². The molecule has 3 aromatic rings. The molecule has 0 spiro atoms. The Bertz CT molecular complexity index is 1780. The SMILES string of the molecule is CCCCC[CH-]CCCCCCCCCCC(CCCCCCCCCCCCCC)C(=O)OCCc1cc(Br)c([NH2+]c2ccc(O)c3c2C(=O)c2ccccc2C3=O)c(Br)c1. The van der Waals surface area contributed by atoms with Gasteiger partial charge in [-0.1, -0.05) is 186 Å². The first-order valence-corrected chi connectivity index (χ1v) is 26.2. The molecule has 6 nitrogen and oxygen atoms in total. The second kappa shape index (κ2) is 30.3. The predicted molar refractivity (Wildman–Crippen MR) is 263 cm³/mol. The van der Waals surface area contributed by atoms with Crippen LogP contribution in [0.1, 0.15) is 225 Å². The van der Waals surface area contributed by atoms with Crippen LogP contribution in [0.25, 0.3) is 0 Å². The van der Waals surface area contributed by atoms with Gasteiger partial charge in [0.05, 0.1) is 32.6 Å². The first kappa shape index (κ1) is 51.8. The third kappa shape index (κ3) is 17.6. The molecule has 0 bridgehead atoms. The number of carbonyl (C=O) groups is 3. The molecule has 3 N–H and O–H groups in total. The van der Waals surface area contributed by atoms with Crippen LogP contribution in [0.3, 0.4) is 0 Å². The summed E-state index contributed by atoms with van der Waals surface area (Å²) >= 11 is 7.47. The minimum atomic E-state index is -0.360. The molecule has 0 heterocycles. The molecule has 0 fully saturated rings. The Morgan fingerprint density at radius 2 is 1.08 bits per heavy atom. The highest BCUT2D eigenvalue weighted by molar-refractivity contribution is 9.11. The molecule has 1 unspecified atom stereocenters. The number of benzene rings is 3. The normalized spacial score (nSPS) is 12.7. The highest BCUT2D eigenvalue weighted by Gasteiger charge is 2.36. The largest absolute Gasteiger partial charge is 0.507 e. The minimum absolute atomic E-state index is 0.0358. The van der Waals surface area contributed by atoms with Gasteiger partial charge in [-0.15, -0.1) is 0 Å². The molecule has 0 saturated carbocycles. The molecule has 1 aliphatic carbocycles. The standard InChI is InChI=1S/C54H76Br2NO5/c1-3-5-7-9-11-13-15-17-18-20-22-24-26-28-32-42(31-27-25-23-21-19-16-14-12-10-8-6-4-2)54(61)62-38-37-41-39-45(55)51(46(56)40-41)57-47-35-36-48(58)50-49(47)52(59)43-33-29-30-34-44(43)53(50)60/h11,29-30,33-36,39-40,42,57-58H,3-10,12-28,31-32,37-38H2,1-2H3/q-1/p+1. The molecule has 4 rings (SSSR count). The molecule has 3 aromatic carbocycles. The average molecular weight is 980 g/mol. The molecule has 0 amide bonds. The molecule has 0 aliphatic heterocycles. The number of phenols is 1. The number of phenolic OH excluding ortho intramolecular Hbond substituents is 1. The summed E-state index contributed by atoms with van der Waals surface area (Å²) in [5, 5.41) is 12.5. The smallest absolute Gasteiger partial charge is 0.308 e. The van der Waals surface area contributed by atoms with Gasteiger partial charge >= 0.3 is 5.97 Å². The zero-order valence-corrected chi connectivity index (χ0v) is 41.4. The Labute approximate surface area is 391 Å². The number of unbranched alkanes of at least 4 members (excludes halogenated alkanes) is 24. The lowest BCUT2D eigenvalue weighted by molar-refractivity contribution is -0.480. The van der Waals surface area contributed by atoms with E-state index < -0.39 is 0 Å². The van der Waals surface area contributed by atoms with E-state index in [9.17, 15) is 19.5 Å². The van der Waals surface area contributed by atoms with Crippen LogP contribution in [-0.2, 0) is 16.0 Å². The Morgan fingerprint density at radius 3 is 1.61 bits per heavy atom. The Hall–Kier alpha value is -2.81. The summed E-state index contributed by atoms with van der Waals surface area (Å²) in [7, 11) is 0. The van der Waals surface area contributed by atoms with E-state index in [2.05, 4.69) is 52.1 Å². The monoisotopic (exact) mass is 977 g/mol. The number of esters is 1. The molecule has 8 heteroatoms. The first-order chi connectivity index (χ1) is 30.3. The first-order valence-electron chi connectivity index (χ1n) is 24.6. The van der Waals surface area contributed by atoms with Crippen molar-refractivity contribution in [3.8, 4) is 5.75 Å². The second-order valence-corrected chi connectivity index (χ2v) is 19.4. The number of nitrogens with two attached hydrogens (primary N) is 1. The van der Waals surface area contributed by atoms with Crippen molar-refractivity contribution in [2.45, 2.75) is 194 Å². The van der Waals surface area contributed by atoms with Gasteiger partial charge in [-0.05, 0) is 68.5 Å². The van der Waals surface area contributed by atoms with Crippen molar-refractivity contribution in [1.29, 1.82) is 0 Å². The number of hydrogen-bond acceptors (Lipinski definition) is 5. The maximum Gasteiger partial charge on any atom is 0.308 e. The van der Waals surface area contributed by atoms with Crippen molar-refractivity contribution in [1.82, 2.24) is 0 Å². The molecule has 0 saturated heterocycles. The number of ketones is 2. The molecule has 1 atom stereocenters. The number of aromatic hydroxyl groups is 1. The molecule has 0 aromatic heterocycles. The second-order valence-electron chi connectivity index (χ2n) is 17.7. The maximum atomic E-state index is 13.7. The average Bonchev–Trinajstić information content (AvgIpc) is 3.26. The molecule has 0 radical (unpaired) electrons. The van der Waals surface area contributed by atoms with Gasteiger partial charge in [0.1, 0.15) is 11.4 Å². The molecular formula is C54H77Br2NO5. The van der Waals surface area contributed by atoms with Gasteiger partial charge in [0.25, 0.3) is 0 Å². The van der Waals surface area contributed by atoms with Crippen LogP contribution >= 0.6 is 31.9 Å². The van der Waals surface area contributed by atoms with Gasteiger partial charge in [0.15, 0.2) is 11.5 Å². The fourth-order valence-corrected chi connectivity index (χ4v) is 10.4. The minimum Gasteiger partial charge on any atom is -0.507 e. The van der Waals surface area contributed by atoms with Crippen molar-refractivity contribution in [3.63, 3.8) is 0 Å². The summed E-state index contributed by atoms with van der Waals surface area (Å²) in [5.74, 6) is -0.951. The van der Waals surface area contributed by atoms with Crippen LogP contribution in [0.4, 0.5) is 11.4 Å². The third-order valence-corrected chi connectivity index (χ3v) is 13.9. The molecule has 62 heavy (non-hydrogen) atoms. The van der Waals surface area contributed by atoms with Crippen molar-refractivity contribution in [2.75, 3.05) is 6.61 Å². The molecule has 342 valence electrons. The van der Waals surface area contributed by atoms with Crippen LogP contribution in [0.2, 0.25) is 0 Å². The van der Waals surface area contributed by atoms with Gasteiger partial charge in [-0.2, -0.15) is 12.8 Å². The maximum absolute atomic E-state index is 13.7. The van der Waals surface area contributed by atoms with Crippen molar-refractivity contribution in [3.05, 3.63) is 91.7 Å². The zero-order chi connectivity index (χ0) is 44.4. The van der Waals surface area contributed by atoms with E-state index in [1.54, 1.807) is 30.3 Å². The number of rotatable bonds is 34. The van der Waals surface area contributed by atoms with Gasteiger partial charge in [0, 0.05) is 23.6 Å². The number of ether oxygens (including phenoxy) is 1. The predicted octanol–water partition coefficient (Wildman–Crippen LogP) is 15.7. The highest BCUT2D eigenvalue weighted by atomic mass is 79.9. The van der Waals surface area contributed by atoms with Crippen molar-refractivity contribution in [2.24, 2.45) is 5.92 Å². The zero-order valence-electron chi connectivity index (χ0n) is 38.2. The Kier molecular flexibility index (Phi) is 25.4. The summed E-state index contributed by atoms with van der Waals surface area (Å²) in [6, 6.07) is 13.9. The number of quaternary nitrogens is 1. The van der Waals surface area contributed by atoms with Crippen LogP contribution in [0.5, 0.6) is 5.75 Å². The van der Waals surface area contributed by atoms with Gasteiger partial charge in [0.2, 0.25) is 5.78 Å². The Morgan fingerprint density at radius 1 is 0.629 bits per heavy atom. The number of hydrogen-bond donors (Lipinski definition) is 2. The lowest BCUT2D eigenvalue weighted by atomic mass is 9.82. The summed E-state index contributed by atoms with van der Waals surface area (Å²) in [4.78, 5) is 40.6. The van der Waals surface area contributed by atoms with Crippen LogP contribution in [0.15, 0.2) is 57.5 Å². The van der Waals surface area contributed by atoms with Crippen molar-refractivity contribution < 1.29 is 29.5 Å². The summed E-state index contributed by atoms with van der Waals surface area (Å²) < 4.78 is 7.59.